The Labute approximate surface area is 158 Å². The van der Waals surface area contributed by atoms with Crippen LogP contribution in [0.2, 0.25) is 0 Å². The summed E-state index contributed by atoms with van der Waals surface area (Å²) in [6.45, 7) is 5.15. The van der Waals surface area contributed by atoms with Gasteiger partial charge in [0.15, 0.2) is 0 Å². The third kappa shape index (κ3) is 3.95. The van der Waals surface area contributed by atoms with Crippen LogP contribution in [-0.2, 0) is 19.5 Å². The van der Waals surface area contributed by atoms with Crippen LogP contribution in [-0.4, -0.2) is 35.3 Å². The summed E-state index contributed by atoms with van der Waals surface area (Å²) in [5.41, 5.74) is 3.61. The molecule has 0 unspecified atom stereocenters. The van der Waals surface area contributed by atoms with E-state index in [4.69, 9.17) is 14.0 Å². The average Bonchev–Trinajstić information content (AvgIpc) is 3.16. The predicted octanol–water partition coefficient (Wildman–Crippen LogP) is 3.70. The first-order valence-corrected chi connectivity index (χ1v) is 9.19. The molecule has 3 aromatic rings. The maximum absolute atomic E-state index is 5.63. The molecule has 0 aliphatic carbocycles. The van der Waals surface area contributed by atoms with Crippen LogP contribution in [0.3, 0.4) is 0 Å². The van der Waals surface area contributed by atoms with Gasteiger partial charge in [-0.05, 0) is 60.9 Å². The Morgan fingerprint density at radius 2 is 1.89 bits per heavy atom. The Hall–Kier alpha value is -2.86. The van der Waals surface area contributed by atoms with E-state index in [0.717, 1.165) is 36.6 Å². The molecule has 1 aliphatic rings. The molecule has 0 radical (unpaired) electrons. The minimum absolute atomic E-state index is 0.601. The average molecular weight is 365 g/mol. The van der Waals surface area contributed by atoms with Crippen molar-refractivity contribution in [3.05, 3.63) is 59.5 Å². The summed E-state index contributed by atoms with van der Waals surface area (Å²) >= 11 is 0. The van der Waals surface area contributed by atoms with Crippen molar-refractivity contribution in [2.24, 2.45) is 0 Å². The molecule has 6 heteroatoms. The second-order valence-electron chi connectivity index (χ2n) is 6.56. The zero-order chi connectivity index (χ0) is 18.6. The standard InChI is InChI=1S/C21H23N3O3/c1-3-26-19-9-4-15-10-11-24(13-17(15)12-19)14-20-22-21(23-27-20)16-5-7-18(25-2)8-6-16/h4-9,12H,3,10-11,13-14H2,1-2H3. The number of methoxy groups -OCH3 is 1. The van der Waals surface area contributed by atoms with Gasteiger partial charge in [0.25, 0.3) is 0 Å². The molecule has 0 atom stereocenters. The first-order chi connectivity index (χ1) is 13.2. The van der Waals surface area contributed by atoms with Gasteiger partial charge in [-0.3, -0.25) is 4.90 Å². The summed E-state index contributed by atoms with van der Waals surface area (Å²) in [7, 11) is 1.65. The van der Waals surface area contributed by atoms with Crippen LogP contribution in [0.1, 0.15) is 23.9 Å². The van der Waals surface area contributed by atoms with E-state index in [9.17, 15) is 0 Å². The Bertz CT molecular complexity index is 905. The number of nitrogens with zero attached hydrogens (tertiary/aromatic N) is 3. The van der Waals surface area contributed by atoms with Gasteiger partial charge in [0.05, 0.1) is 20.3 Å². The molecule has 2 aromatic carbocycles. The number of fused-ring (bicyclic) bond motifs is 1. The number of hydrogen-bond donors (Lipinski definition) is 0. The minimum atomic E-state index is 0.601. The van der Waals surface area contributed by atoms with Crippen LogP contribution < -0.4 is 9.47 Å². The van der Waals surface area contributed by atoms with Gasteiger partial charge in [-0.15, -0.1) is 0 Å². The summed E-state index contributed by atoms with van der Waals surface area (Å²) in [5, 5.41) is 4.12. The van der Waals surface area contributed by atoms with E-state index in [-0.39, 0.29) is 0 Å². The largest absolute Gasteiger partial charge is 0.497 e. The van der Waals surface area contributed by atoms with E-state index in [1.54, 1.807) is 7.11 Å². The van der Waals surface area contributed by atoms with Gasteiger partial charge >= 0.3 is 0 Å². The lowest BCUT2D eigenvalue weighted by molar-refractivity contribution is 0.210. The third-order valence-electron chi connectivity index (χ3n) is 4.76. The third-order valence-corrected chi connectivity index (χ3v) is 4.76. The zero-order valence-electron chi connectivity index (χ0n) is 15.6. The number of hydrogen-bond acceptors (Lipinski definition) is 6. The van der Waals surface area contributed by atoms with Crippen molar-refractivity contribution in [2.45, 2.75) is 26.4 Å². The highest BCUT2D eigenvalue weighted by molar-refractivity contribution is 5.55. The summed E-state index contributed by atoms with van der Waals surface area (Å²) in [4.78, 5) is 6.87. The van der Waals surface area contributed by atoms with Gasteiger partial charge in [-0.25, -0.2) is 0 Å². The molecule has 0 saturated carbocycles. The molecule has 2 heterocycles. The smallest absolute Gasteiger partial charge is 0.241 e. The normalized spacial score (nSPS) is 14.0. The van der Waals surface area contributed by atoms with E-state index >= 15 is 0 Å². The van der Waals surface area contributed by atoms with Gasteiger partial charge in [0.2, 0.25) is 11.7 Å². The second kappa shape index (κ2) is 7.80. The Kier molecular flexibility index (Phi) is 5.07. The molecule has 0 fully saturated rings. The highest BCUT2D eigenvalue weighted by atomic mass is 16.5. The molecular weight excluding hydrogens is 342 g/mol. The molecule has 0 bridgehead atoms. The number of rotatable bonds is 6. The Balaban J connectivity index is 1.44. The lowest BCUT2D eigenvalue weighted by atomic mass is 9.99. The van der Waals surface area contributed by atoms with Crippen LogP contribution in [0, 0.1) is 0 Å². The second-order valence-corrected chi connectivity index (χ2v) is 6.56. The zero-order valence-corrected chi connectivity index (χ0v) is 15.6. The summed E-state index contributed by atoms with van der Waals surface area (Å²) in [6, 6.07) is 14.0. The molecule has 1 aliphatic heterocycles. The molecule has 1 aromatic heterocycles. The first-order valence-electron chi connectivity index (χ1n) is 9.19. The van der Waals surface area contributed by atoms with Gasteiger partial charge in [-0.1, -0.05) is 11.2 Å². The monoisotopic (exact) mass is 365 g/mol. The highest BCUT2D eigenvalue weighted by Crippen LogP contribution is 2.25. The quantitative estimate of drug-likeness (QED) is 0.664. The van der Waals surface area contributed by atoms with Crippen LogP contribution >= 0.6 is 0 Å². The molecular formula is C21H23N3O3. The van der Waals surface area contributed by atoms with E-state index in [1.807, 2.05) is 31.2 Å². The molecule has 0 amide bonds. The highest BCUT2D eigenvalue weighted by Gasteiger charge is 2.19. The number of aromatic nitrogens is 2. The van der Waals surface area contributed by atoms with Crippen molar-refractivity contribution in [2.75, 3.05) is 20.3 Å². The van der Waals surface area contributed by atoms with Crippen molar-refractivity contribution < 1.29 is 14.0 Å². The molecule has 4 rings (SSSR count). The van der Waals surface area contributed by atoms with Gasteiger partial charge in [0.1, 0.15) is 11.5 Å². The van der Waals surface area contributed by atoms with Gasteiger partial charge in [-0.2, -0.15) is 4.98 Å². The van der Waals surface area contributed by atoms with Crippen LogP contribution in [0.25, 0.3) is 11.4 Å². The van der Waals surface area contributed by atoms with Crippen LogP contribution in [0.5, 0.6) is 11.5 Å². The summed E-state index contributed by atoms with van der Waals surface area (Å²) < 4.78 is 16.3. The predicted molar refractivity (Wildman–Crippen MR) is 102 cm³/mol. The molecule has 27 heavy (non-hydrogen) atoms. The van der Waals surface area contributed by atoms with Crippen LogP contribution in [0.15, 0.2) is 47.0 Å². The topological polar surface area (TPSA) is 60.6 Å². The van der Waals surface area contributed by atoms with Crippen molar-refractivity contribution in [1.82, 2.24) is 15.0 Å². The summed E-state index contributed by atoms with van der Waals surface area (Å²) in [6.07, 6.45) is 1.02. The lowest BCUT2D eigenvalue weighted by Gasteiger charge is -2.27. The lowest BCUT2D eigenvalue weighted by Crippen LogP contribution is -2.30. The maximum atomic E-state index is 5.63. The minimum Gasteiger partial charge on any atom is -0.497 e. The maximum Gasteiger partial charge on any atom is 0.241 e. The summed E-state index contributed by atoms with van der Waals surface area (Å²) in [5.74, 6) is 2.97. The van der Waals surface area contributed by atoms with Crippen LogP contribution in [0.4, 0.5) is 0 Å². The number of ether oxygens (including phenoxy) is 2. The van der Waals surface area contributed by atoms with E-state index < -0.39 is 0 Å². The van der Waals surface area contributed by atoms with Gasteiger partial charge in [0, 0.05) is 18.7 Å². The molecule has 140 valence electrons. The Morgan fingerprint density at radius 1 is 1.07 bits per heavy atom. The fourth-order valence-electron chi connectivity index (χ4n) is 3.35. The van der Waals surface area contributed by atoms with Gasteiger partial charge < -0.3 is 14.0 Å². The van der Waals surface area contributed by atoms with Crippen molar-refractivity contribution in [3.63, 3.8) is 0 Å². The van der Waals surface area contributed by atoms with Crippen molar-refractivity contribution in [1.29, 1.82) is 0 Å². The van der Waals surface area contributed by atoms with E-state index in [0.29, 0.717) is 24.9 Å². The molecule has 0 spiro atoms. The molecule has 0 saturated heterocycles. The molecule has 6 nitrogen and oxygen atoms in total. The van der Waals surface area contributed by atoms with Crippen molar-refractivity contribution in [3.8, 4) is 22.9 Å². The van der Waals surface area contributed by atoms with E-state index in [2.05, 4.69) is 33.2 Å². The van der Waals surface area contributed by atoms with Crippen molar-refractivity contribution >= 4 is 0 Å². The fourth-order valence-corrected chi connectivity index (χ4v) is 3.35. The molecule has 0 N–H and O–H groups in total. The Morgan fingerprint density at radius 3 is 2.67 bits per heavy atom. The number of benzene rings is 2. The van der Waals surface area contributed by atoms with E-state index in [1.165, 1.54) is 11.1 Å². The SMILES string of the molecule is CCOc1ccc2c(c1)CN(Cc1nc(-c3ccc(OC)cc3)no1)CC2. The fraction of sp³-hybridized carbons (Fsp3) is 0.333. The first kappa shape index (κ1) is 17.5.